The number of hydrogen-bond acceptors (Lipinski definition) is 6. The lowest BCUT2D eigenvalue weighted by Gasteiger charge is -2.36. The number of fused-ring (bicyclic) bond motifs is 1. The molecule has 0 unspecified atom stereocenters. The molecule has 194 valence electrons. The molecular formula is C27H41FN4O3. The number of rotatable bonds is 6. The van der Waals surface area contributed by atoms with Gasteiger partial charge >= 0.3 is 0 Å². The molecule has 2 aromatic rings. The first kappa shape index (κ1) is 25.9. The van der Waals surface area contributed by atoms with E-state index in [0.717, 1.165) is 82.6 Å². The average Bonchev–Trinajstić information content (AvgIpc) is 3.33. The van der Waals surface area contributed by atoms with E-state index in [0.29, 0.717) is 17.5 Å². The number of halogens is 1. The lowest BCUT2D eigenvalue weighted by molar-refractivity contribution is -0.126. The third kappa shape index (κ3) is 6.73. The number of carbonyl (C=O) groups is 1. The summed E-state index contributed by atoms with van der Waals surface area (Å²) in [7, 11) is 1.00. The van der Waals surface area contributed by atoms with Crippen molar-refractivity contribution in [3.05, 3.63) is 24.0 Å². The highest BCUT2D eigenvalue weighted by Gasteiger charge is 2.27. The molecule has 8 heteroatoms. The second-order valence-corrected chi connectivity index (χ2v) is 10.3. The first-order chi connectivity index (χ1) is 17.2. The first-order valence-corrected chi connectivity index (χ1v) is 13.4. The fraction of sp³-hybridized carbons (Fsp3) is 0.704. The van der Waals surface area contributed by atoms with Crippen LogP contribution >= 0.6 is 0 Å². The summed E-state index contributed by atoms with van der Waals surface area (Å²) in [5, 5.41) is 15.3. The lowest BCUT2D eigenvalue weighted by atomic mass is 9.83. The molecule has 1 saturated heterocycles. The van der Waals surface area contributed by atoms with Gasteiger partial charge in [0.2, 0.25) is 5.91 Å². The third-order valence-corrected chi connectivity index (χ3v) is 8.11. The minimum Gasteiger partial charge on any atom is -0.400 e. The smallest absolute Gasteiger partial charge is 0.223 e. The number of nitrogens with zero attached hydrogens (tertiary/aromatic N) is 3. The van der Waals surface area contributed by atoms with Gasteiger partial charge in [-0.25, -0.2) is 4.39 Å². The van der Waals surface area contributed by atoms with Gasteiger partial charge < -0.3 is 19.8 Å². The predicted molar refractivity (Wildman–Crippen MR) is 136 cm³/mol. The summed E-state index contributed by atoms with van der Waals surface area (Å²) in [6.07, 6.45) is 11.8. The zero-order valence-corrected chi connectivity index (χ0v) is 21.1. The van der Waals surface area contributed by atoms with Gasteiger partial charge in [-0.15, -0.1) is 0 Å². The van der Waals surface area contributed by atoms with Gasteiger partial charge in [0.05, 0.1) is 5.39 Å². The molecule has 1 aromatic heterocycles. The van der Waals surface area contributed by atoms with Gasteiger partial charge in [-0.05, 0) is 75.6 Å². The van der Waals surface area contributed by atoms with Gasteiger partial charge in [-0.3, -0.25) is 9.69 Å². The van der Waals surface area contributed by atoms with Crippen LogP contribution in [0.2, 0.25) is 0 Å². The maximum Gasteiger partial charge on any atom is 0.223 e. The molecule has 2 aliphatic carbocycles. The Morgan fingerprint density at radius 1 is 1.06 bits per heavy atom. The van der Waals surface area contributed by atoms with Crippen LogP contribution in [0, 0.1) is 17.7 Å². The Balaban J connectivity index is 0.00000141. The number of carbonyl (C=O) groups excluding carboxylic acids is 1. The third-order valence-electron chi connectivity index (χ3n) is 8.11. The number of nitrogens with one attached hydrogen (secondary N) is 1. The number of piperazine rings is 1. The van der Waals surface area contributed by atoms with Crippen molar-refractivity contribution in [1.82, 2.24) is 15.4 Å². The summed E-state index contributed by atoms with van der Waals surface area (Å²) in [5.41, 5.74) is 0.638. The van der Waals surface area contributed by atoms with Crippen LogP contribution in [0.3, 0.4) is 0 Å². The van der Waals surface area contributed by atoms with E-state index < -0.39 is 0 Å². The number of aliphatic hydroxyl groups excluding tert-OH is 1. The van der Waals surface area contributed by atoms with E-state index in [4.69, 9.17) is 9.63 Å². The first-order valence-electron chi connectivity index (χ1n) is 13.4. The van der Waals surface area contributed by atoms with Crippen LogP contribution in [-0.2, 0) is 4.79 Å². The lowest BCUT2D eigenvalue weighted by Crippen LogP contribution is -2.47. The van der Waals surface area contributed by atoms with Crippen molar-refractivity contribution in [2.45, 2.75) is 70.3 Å². The number of aromatic nitrogens is 1. The Hall–Kier alpha value is -2.19. The summed E-state index contributed by atoms with van der Waals surface area (Å²) >= 11 is 0. The quantitative estimate of drug-likeness (QED) is 0.630. The molecular weight excluding hydrogens is 447 g/mol. The van der Waals surface area contributed by atoms with Gasteiger partial charge in [-0.2, -0.15) is 0 Å². The molecule has 5 rings (SSSR count). The van der Waals surface area contributed by atoms with Crippen LogP contribution in [0.25, 0.3) is 11.0 Å². The van der Waals surface area contributed by atoms with Crippen LogP contribution in [0.5, 0.6) is 0 Å². The number of amides is 1. The van der Waals surface area contributed by atoms with Crippen molar-refractivity contribution in [3.63, 3.8) is 0 Å². The van der Waals surface area contributed by atoms with Crippen molar-refractivity contribution >= 4 is 22.7 Å². The van der Waals surface area contributed by atoms with Crippen molar-refractivity contribution < 1.29 is 18.8 Å². The van der Waals surface area contributed by atoms with E-state index >= 15 is 0 Å². The maximum absolute atomic E-state index is 13.7. The molecule has 0 atom stereocenters. The zero-order valence-electron chi connectivity index (χ0n) is 21.1. The van der Waals surface area contributed by atoms with E-state index in [1.165, 1.54) is 50.7 Å². The minimum absolute atomic E-state index is 0.256. The molecule has 0 spiro atoms. The number of anilines is 1. The van der Waals surface area contributed by atoms with Crippen LogP contribution in [0.4, 0.5) is 10.2 Å². The normalized spacial score (nSPS) is 24.1. The Labute approximate surface area is 208 Å². The SMILES string of the molecule is CO.O=C(NC1CCC(CCN2CCN(c3noc4ccc(F)cc34)CC2)CC1)C1CCCCC1. The molecule has 0 radical (unpaired) electrons. The standard InChI is InChI=1S/C26H37FN4O2.CH4O/c27-21-8-11-24-23(18-21)25(29-33-24)31-16-14-30(15-17-31)13-12-19-6-9-22(10-7-19)28-26(32)20-4-2-1-3-5-20;1-2/h8,11,18-20,22H,1-7,9-10,12-17H2,(H,28,32);2H,1H3. The topological polar surface area (TPSA) is 81.8 Å². The van der Waals surface area contributed by atoms with E-state index in [1.807, 2.05) is 0 Å². The highest BCUT2D eigenvalue weighted by atomic mass is 19.1. The fourth-order valence-corrected chi connectivity index (χ4v) is 5.95. The van der Waals surface area contributed by atoms with Crippen molar-refractivity contribution in [2.75, 3.05) is 44.7 Å². The molecule has 2 heterocycles. The Kier molecular flexibility index (Phi) is 9.38. The van der Waals surface area contributed by atoms with Gasteiger partial charge in [-0.1, -0.05) is 24.4 Å². The molecule has 3 aliphatic rings. The number of aliphatic hydroxyl groups is 1. The molecule has 3 fully saturated rings. The van der Waals surface area contributed by atoms with Crippen LogP contribution < -0.4 is 10.2 Å². The molecule has 0 bridgehead atoms. The highest BCUT2D eigenvalue weighted by molar-refractivity contribution is 5.88. The largest absolute Gasteiger partial charge is 0.400 e. The zero-order chi connectivity index (χ0) is 24.6. The summed E-state index contributed by atoms with van der Waals surface area (Å²) in [6, 6.07) is 4.96. The molecule has 2 saturated carbocycles. The summed E-state index contributed by atoms with van der Waals surface area (Å²) in [6.45, 7) is 4.90. The second-order valence-electron chi connectivity index (χ2n) is 10.3. The van der Waals surface area contributed by atoms with Crippen molar-refractivity contribution in [1.29, 1.82) is 0 Å². The van der Waals surface area contributed by atoms with Crippen LogP contribution in [0.15, 0.2) is 22.7 Å². The molecule has 2 N–H and O–H groups in total. The van der Waals surface area contributed by atoms with E-state index in [2.05, 4.69) is 20.3 Å². The Morgan fingerprint density at radius 2 is 1.77 bits per heavy atom. The predicted octanol–water partition coefficient (Wildman–Crippen LogP) is 4.34. The fourth-order valence-electron chi connectivity index (χ4n) is 5.95. The second kappa shape index (κ2) is 12.7. The summed E-state index contributed by atoms with van der Waals surface area (Å²) in [4.78, 5) is 17.3. The Morgan fingerprint density at radius 3 is 2.49 bits per heavy atom. The van der Waals surface area contributed by atoms with Crippen molar-refractivity contribution in [2.24, 2.45) is 11.8 Å². The van der Waals surface area contributed by atoms with Gasteiger partial charge in [0.15, 0.2) is 11.4 Å². The number of benzene rings is 1. The highest BCUT2D eigenvalue weighted by Crippen LogP contribution is 2.30. The molecule has 1 aromatic carbocycles. The summed E-state index contributed by atoms with van der Waals surface area (Å²) < 4.78 is 19.0. The molecule has 7 nitrogen and oxygen atoms in total. The number of hydrogen-bond donors (Lipinski definition) is 2. The minimum atomic E-state index is -0.256. The molecule has 1 amide bonds. The van der Waals surface area contributed by atoms with Gasteiger partial charge in [0.25, 0.3) is 0 Å². The summed E-state index contributed by atoms with van der Waals surface area (Å²) in [5.74, 6) is 1.86. The van der Waals surface area contributed by atoms with Crippen molar-refractivity contribution in [3.8, 4) is 0 Å². The van der Waals surface area contributed by atoms with E-state index in [-0.39, 0.29) is 11.7 Å². The Bertz CT molecular complexity index is 930. The van der Waals surface area contributed by atoms with Gasteiger partial charge in [0, 0.05) is 45.2 Å². The van der Waals surface area contributed by atoms with Crippen LogP contribution in [0.1, 0.15) is 64.2 Å². The van der Waals surface area contributed by atoms with E-state index in [9.17, 15) is 9.18 Å². The van der Waals surface area contributed by atoms with Crippen LogP contribution in [-0.4, -0.2) is 66.9 Å². The van der Waals surface area contributed by atoms with E-state index in [1.54, 1.807) is 6.07 Å². The molecule has 1 aliphatic heterocycles. The average molecular weight is 489 g/mol. The molecule has 35 heavy (non-hydrogen) atoms. The monoisotopic (exact) mass is 488 g/mol. The van der Waals surface area contributed by atoms with Gasteiger partial charge in [0.1, 0.15) is 5.82 Å². The maximum atomic E-state index is 13.7.